The standard InChI is InChI=1S/C21H29N5O/c1-15-12-19(24-22-13-15)25-10-11-26(16(2)14-25)20(27)23-18-8-6-17(7-9-18)21(3,4)5/h6-9,12-13,16H,10-11,14H2,1-5H3,(H,23,27). The lowest BCUT2D eigenvalue weighted by Crippen LogP contribution is -2.55. The van der Waals surface area contributed by atoms with Crippen LogP contribution in [-0.4, -0.2) is 46.8 Å². The van der Waals surface area contributed by atoms with Crippen LogP contribution in [0.1, 0.15) is 38.8 Å². The van der Waals surface area contributed by atoms with Gasteiger partial charge in [0.1, 0.15) is 0 Å². The van der Waals surface area contributed by atoms with Gasteiger partial charge in [0.25, 0.3) is 0 Å². The average Bonchev–Trinajstić information content (AvgIpc) is 2.61. The minimum Gasteiger partial charge on any atom is -0.351 e. The van der Waals surface area contributed by atoms with Crippen LogP contribution in [0, 0.1) is 6.92 Å². The Hall–Kier alpha value is -2.63. The van der Waals surface area contributed by atoms with Gasteiger partial charge >= 0.3 is 6.03 Å². The molecule has 1 aliphatic heterocycles. The second kappa shape index (κ2) is 7.55. The van der Waals surface area contributed by atoms with Gasteiger partial charge in [-0.2, -0.15) is 5.10 Å². The van der Waals surface area contributed by atoms with E-state index in [1.165, 1.54) is 5.56 Å². The van der Waals surface area contributed by atoms with Crippen LogP contribution >= 0.6 is 0 Å². The van der Waals surface area contributed by atoms with Crippen molar-refractivity contribution >= 4 is 17.5 Å². The Morgan fingerprint density at radius 1 is 1.19 bits per heavy atom. The predicted octanol–water partition coefficient (Wildman–Crippen LogP) is 3.83. The van der Waals surface area contributed by atoms with Gasteiger partial charge in [0.2, 0.25) is 0 Å². The Bertz CT molecular complexity index is 797. The molecule has 6 nitrogen and oxygen atoms in total. The monoisotopic (exact) mass is 367 g/mol. The molecule has 2 heterocycles. The molecule has 1 unspecified atom stereocenters. The van der Waals surface area contributed by atoms with Crippen molar-refractivity contribution in [3.05, 3.63) is 47.7 Å². The van der Waals surface area contributed by atoms with E-state index in [1.54, 1.807) is 6.20 Å². The van der Waals surface area contributed by atoms with Gasteiger partial charge in [-0.3, -0.25) is 0 Å². The van der Waals surface area contributed by atoms with Crippen LogP contribution in [0.5, 0.6) is 0 Å². The molecule has 0 aliphatic carbocycles. The van der Waals surface area contributed by atoms with Gasteiger partial charge < -0.3 is 15.1 Å². The summed E-state index contributed by atoms with van der Waals surface area (Å²) in [4.78, 5) is 16.8. The molecular formula is C21H29N5O. The molecule has 2 amide bonds. The van der Waals surface area contributed by atoms with Gasteiger partial charge in [-0.05, 0) is 48.6 Å². The minimum absolute atomic E-state index is 0.0546. The Labute approximate surface area is 161 Å². The molecule has 1 aromatic heterocycles. The summed E-state index contributed by atoms with van der Waals surface area (Å²) in [6, 6.07) is 10.2. The summed E-state index contributed by atoms with van der Waals surface area (Å²) in [7, 11) is 0. The van der Waals surface area contributed by atoms with E-state index < -0.39 is 0 Å². The maximum atomic E-state index is 12.7. The number of carbonyl (C=O) groups is 1. The number of hydrogen-bond acceptors (Lipinski definition) is 4. The lowest BCUT2D eigenvalue weighted by atomic mass is 9.87. The summed E-state index contributed by atoms with van der Waals surface area (Å²) in [5.74, 6) is 0.875. The summed E-state index contributed by atoms with van der Waals surface area (Å²) < 4.78 is 0. The summed E-state index contributed by atoms with van der Waals surface area (Å²) in [6.45, 7) is 12.8. The fraction of sp³-hybridized carbons (Fsp3) is 0.476. The number of hydrogen-bond donors (Lipinski definition) is 1. The van der Waals surface area contributed by atoms with E-state index in [2.05, 4.69) is 60.2 Å². The van der Waals surface area contributed by atoms with E-state index in [-0.39, 0.29) is 17.5 Å². The van der Waals surface area contributed by atoms with E-state index in [1.807, 2.05) is 30.0 Å². The first-order chi connectivity index (χ1) is 12.7. The maximum absolute atomic E-state index is 12.7. The summed E-state index contributed by atoms with van der Waals surface area (Å²) in [6.07, 6.45) is 1.75. The van der Waals surface area contributed by atoms with Crippen LogP contribution in [0.25, 0.3) is 0 Å². The van der Waals surface area contributed by atoms with Crippen molar-refractivity contribution in [1.29, 1.82) is 0 Å². The van der Waals surface area contributed by atoms with Crippen LogP contribution in [0.3, 0.4) is 0 Å². The third-order valence-electron chi connectivity index (χ3n) is 4.99. The summed E-state index contributed by atoms with van der Waals surface area (Å²) in [5.41, 5.74) is 3.27. The SMILES string of the molecule is Cc1cnnc(N2CCN(C(=O)Nc3ccc(C(C)(C)C)cc3)C(C)C2)c1. The molecule has 1 atom stereocenters. The zero-order valence-electron chi connectivity index (χ0n) is 16.9. The first-order valence-corrected chi connectivity index (χ1v) is 9.46. The largest absolute Gasteiger partial charge is 0.351 e. The maximum Gasteiger partial charge on any atom is 0.322 e. The number of aryl methyl sites for hydroxylation is 1. The average molecular weight is 367 g/mol. The van der Waals surface area contributed by atoms with Crippen molar-refractivity contribution in [1.82, 2.24) is 15.1 Å². The zero-order chi connectivity index (χ0) is 19.6. The summed E-state index contributed by atoms with van der Waals surface area (Å²) in [5, 5.41) is 11.3. The Kier molecular flexibility index (Phi) is 5.35. The number of piperazine rings is 1. The van der Waals surface area contributed by atoms with Gasteiger partial charge in [0, 0.05) is 31.4 Å². The smallest absolute Gasteiger partial charge is 0.322 e. The van der Waals surface area contributed by atoms with Crippen molar-refractivity contribution in [2.24, 2.45) is 0 Å². The number of aromatic nitrogens is 2. The van der Waals surface area contributed by atoms with E-state index >= 15 is 0 Å². The van der Waals surface area contributed by atoms with E-state index in [0.29, 0.717) is 6.54 Å². The normalized spacial score (nSPS) is 17.7. The Morgan fingerprint density at radius 3 is 2.48 bits per heavy atom. The molecule has 2 aromatic rings. The van der Waals surface area contributed by atoms with Gasteiger partial charge in [-0.25, -0.2) is 4.79 Å². The molecule has 0 saturated carbocycles. The van der Waals surface area contributed by atoms with Crippen molar-refractivity contribution in [2.75, 3.05) is 29.9 Å². The minimum atomic E-state index is -0.0546. The van der Waals surface area contributed by atoms with Crippen molar-refractivity contribution < 1.29 is 4.79 Å². The van der Waals surface area contributed by atoms with Gasteiger partial charge in [0.05, 0.1) is 6.20 Å². The first kappa shape index (κ1) is 19.1. The van der Waals surface area contributed by atoms with E-state index in [4.69, 9.17) is 0 Å². The molecule has 0 spiro atoms. The number of carbonyl (C=O) groups excluding carboxylic acids is 1. The van der Waals surface area contributed by atoms with Crippen LogP contribution in [-0.2, 0) is 5.41 Å². The third kappa shape index (κ3) is 4.56. The van der Waals surface area contributed by atoms with Crippen molar-refractivity contribution in [3.63, 3.8) is 0 Å². The highest BCUT2D eigenvalue weighted by Gasteiger charge is 2.28. The molecular weight excluding hydrogens is 338 g/mol. The second-order valence-electron chi connectivity index (χ2n) is 8.34. The molecule has 144 valence electrons. The fourth-order valence-electron chi connectivity index (χ4n) is 3.32. The fourth-order valence-corrected chi connectivity index (χ4v) is 3.32. The molecule has 1 aliphatic rings. The molecule has 1 aromatic carbocycles. The highest BCUT2D eigenvalue weighted by Crippen LogP contribution is 2.24. The highest BCUT2D eigenvalue weighted by atomic mass is 16.2. The molecule has 1 saturated heterocycles. The number of benzene rings is 1. The number of urea groups is 1. The Balaban J connectivity index is 1.61. The lowest BCUT2D eigenvalue weighted by molar-refractivity contribution is 0.184. The highest BCUT2D eigenvalue weighted by molar-refractivity contribution is 5.89. The number of rotatable bonds is 2. The number of nitrogens with one attached hydrogen (secondary N) is 1. The first-order valence-electron chi connectivity index (χ1n) is 9.46. The second-order valence-corrected chi connectivity index (χ2v) is 8.34. The third-order valence-corrected chi connectivity index (χ3v) is 4.99. The topological polar surface area (TPSA) is 61.4 Å². The lowest BCUT2D eigenvalue weighted by Gasteiger charge is -2.40. The van der Waals surface area contributed by atoms with Crippen LogP contribution in [0.4, 0.5) is 16.3 Å². The molecule has 6 heteroatoms. The van der Waals surface area contributed by atoms with Crippen molar-refractivity contribution in [3.8, 4) is 0 Å². The molecule has 1 N–H and O–H groups in total. The van der Waals surface area contributed by atoms with Crippen LogP contribution < -0.4 is 10.2 Å². The number of amides is 2. The number of anilines is 2. The zero-order valence-corrected chi connectivity index (χ0v) is 16.9. The van der Waals surface area contributed by atoms with Gasteiger partial charge in [0.15, 0.2) is 5.82 Å². The molecule has 0 radical (unpaired) electrons. The molecule has 0 bridgehead atoms. The van der Waals surface area contributed by atoms with Crippen LogP contribution in [0.15, 0.2) is 36.5 Å². The van der Waals surface area contributed by atoms with E-state index in [0.717, 1.165) is 30.2 Å². The number of nitrogens with zero attached hydrogens (tertiary/aromatic N) is 4. The van der Waals surface area contributed by atoms with Crippen molar-refractivity contribution in [2.45, 2.75) is 46.1 Å². The van der Waals surface area contributed by atoms with Gasteiger partial charge in [-0.15, -0.1) is 5.10 Å². The molecule has 27 heavy (non-hydrogen) atoms. The van der Waals surface area contributed by atoms with Gasteiger partial charge in [-0.1, -0.05) is 32.9 Å². The predicted molar refractivity (Wildman–Crippen MR) is 109 cm³/mol. The quantitative estimate of drug-likeness (QED) is 0.876. The summed E-state index contributed by atoms with van der Waals surface area (Å²) >= 11 is 0. The van der Waals surface area contributed by atoms with E-state index in [9.17, 15) is 4.79 Å². The van der Waals surface area contributed by atoms with Crippen LogP contribution in [0.2, 0.25) is 0 Å². The molecule has 1 fully saturated rings. The Morgan fingerprint density at radius 2 is 1.89 bits per heavy atom. The molecule has 3 rings (SSSR count).